The van der Waals surface area contributed by atoms with Crippen LogP contribution in [0.2, 0.25) is 0 Å². The maximum Gasteiger partial charge on any atom is 0.272 e. The molecule has 3 aromatic heterocycles. The molecule has 7 nitrogen and oxygen atoms in total. The van der Waals surface area contributed by atoms with Crippen LogP contribution in [0.4, 0.5) is 0 Å². The summed E-state index contributed by atoms with van der Waals surface area (Å²) < 4.78 is 1.82. The molecule has 1 atom stereocenters. The van der Waals surface area contributed by atoms with Gasteiger partial charge >= 0.3 is 0 Å². The fourth-order valence-electron chi connectivity index (χ4n) is 3.81. The number of amides is 1. The molecule has 4 heterocycles. The van der Waals surface area contributed by atoms with Gasteiger partial charge in [0.25, 0.3) is 5.91 Å². The smallest absolute Gasteiger partial charge is 0.272 e. The Labute approximate surface area is 163 Å². The molecular formula is C21H22N6O. The van der Waals surface area contributed by atoms with Gasteiger partial charge in [0.1, 0.15) is 11.3 Å². The van der Waals surface area contributed by atoms with Gasteiger partial charge in [-0.25, -0.2) is 4.98 Å². The molecule has 1 aliphatic rings. The van der Waals surface area contributed by atoms with Gasteiger partial charge in [-0.15, -0.1) is 0 Å². The van der Waals surface area contributed by atoms with E-state index in [9.17, 15) is 4.79 Å². The molecule has 0 N–H and O–H groups in total. The van der Waals surface area contributed by atoms with Crippen molar-refractivity contribution in [3.05, 3.63) is 53.7 Å². The summed E-state index contributed by atoms with van der Waals surface area (Å²) in [6.45, 7) is 5.24. The van der Waals surface area contributed by atoms with Gasteiger partial charge in [0.05, 0.1) is 12.2 Å². The molecule has 0 aliphatic carbocycles. The third-order valence-corrected chi connectivity index (χ3v) is 5.32. The van der Waals surface area contributed by atoms with Gasteiger partial charge in [0.2, 0.25) is 0 Å². The standard InChI is InChI=1S/C21H22N6O/c1-14-8-17(9-15(2)24-14)16-4-7-27-19(11-23-20(27)10-16)21(28)25(3)18-5-6-26(12-18)13-22/h4,7-11,18H,5-6,12H2,1-3H3/t18-/m1/s1. The average molecular weight is 374 g/mol. The number of likely N-dealkylation sites (tertiary alicyclic amines) is 1. The summed E-state index contributed by atoms with van der Waals surface area (Å²) in [7, 11) is 1.80. The quantitative estimate of drug-likeness (QED) is 0.659. The van der Waals surface area contributed by atoms with E-state index in [2.05, 4.69) is 16.2 Å². The molecule has 1 aliphatic heterocycles. The predicted octanol–water partition coefficient (Wildman–Crippen LogP) is 2.64. The number of pyridine rings is 2. The number of hydrogen-bond donors (Lipinski definition) is 0. The SMILES string of the molecule is Cc1cc(-c2ccn3c(C(=O)N(C)[C@@H]4CCN(C#N)C4)cnc3c2)cc(C)n1. The number of imidazole rings is 1. The molecule has 0 bridgehead atoms. The number of aryl methyl sites for hydroxylation is 2. The van der Waals surface area contributed by atoms with E-state index in [-0.39, 0.29) is 11.9 Å². The lowest BCUT2D eigenvalue weighted by Gasteiger charge is -2.23. The highest BCUT2D eigenvalue weighted by atomic mass is 16.2. The van der Waals surface area contributed by atoms with Gasteiger partial charge in [-0.3, -0.25) is 14.2 Å². The minimum atomic E-state index is -0.0827. The Balaban J connectivity index is 1.63. The van der Waals surface area contributed by atoms with Crippen molar-refractivity contribution in [3.8, 4) is 17.3 Å². The number of aromatic nitrogens is 3. The van der Waals surface area contributed by atoms with Crippen molar-refractivity contribution in [3.63, 3.8) is 0 Å². The Kier molecular flexibility index (Phi) is 4.47. The summed E-state index contributed by atoms with van der Waals surface area (Å²) in [6, 6.07) is 8.11. The first-order valence-corrected chi connectivity index (χ1v) is 9.31. The zero-order valence-electron chi connectivity index (χ0n) is 16.3. The second-order valence-corrected chi connectivity index (χ2v) is 7.33. The summed E-state index contributed by atoms with van der Waals surface area (Å²) in [6.07, 6.45) is 6.47. The van der Waals surface area contributed by atoms with E-state index in [1.54, 1.807) is 23.0 Å². The van der Waals surface area contributed by atoms with Crippen molar-refractivity contribution >= 4 is 11.6 Å². The first kappa shape index (κ1) is 18.0. The lowest BCUT2D eigenvalue weighted by Crippen LogP contribution is -2.39. The molecule has 7 heteroatoms. The maximum absolute atomic E-state index is 13.0. The number of nitrogens with zero attached hydrogens (tertiary/aromatic N) is 6. The van der Waals surface area contributed by atoms with Crippen LogP contribution in [0, 0.1) is 25.3 Å². The third kappa shape index (κ3) is 3.18. The van der Waals surface area contributed by atoms with Crippen molar-refractivity contribution in [1.82, 2.24) is 24.2 Å². The summed E-state index contributed by atoms with van der Waals surface area (Å²) in [5, 5.41) is 9.04. The summed E-state index contributed by atoms with van der Waals surface area (Å²) in [5.41, 5.74) is 5.33. The van der Waals surface area contributed by atoms with Crippen LogP contribution in [0.1, 0.15) is 28.3 Å². The number of fused-ring (bicyclic) bond motifs is 1. The zero-order chi connectivity index (χ0) is 19.8. The highest BCUT2D eigenvalue weighted by molar-refractivity contribution is 5.93. The largest absolute Gasteiger partial charge is 0.336 e. The van der Waals surface area contributed by atoms with Gasteiger partial charge in [-0.1, -0.05) is 0 Å². The number of carbonyl (C=O) groups is 1. The van der Waals surface area contributed by atoms with Crippen LogP contribution in [-0.4, -0.2) is 56.3 Å². The predicted molar refractivity (Wildman–Crippen MR) is 106 cm³/mol. The Morgan fingerprint density at radius 2 is 2.00 bits per heavy atom. The molecule has 0 unspecified atom stereocenters. The molecule has 1 saturated heterocycles. The van der Waals surface area contributed by atoms with Crippen LogP contribution >= 0.6 is 0 Å². The topological polar surface area (TPSA) is 77.5 Å². The van der Waals surface area contributed by atoms with E-state index in [1.807, 2.05) is 48.7 Å². The van der Waals surface area contributed by atoms with Crippen molar-refractivity contribution in [1.29, 1.82) is 5.26 Å². The number of nitriles is 1. The molecule has 28 heavy (non-hydrogen) atoms. The molecule has 1 amide bonds. The number of carbonyl (C=O) groups excluding carboxylic acids is 1. The first-order chi connectivity index (χ1) is 13.5. The molecule has 3 aromatic rings. The number of rotatable bonds is 3. The molecule has 4 rings (SSSR count). The summed E-state index contributed by atoms with van der Waals surface area (Å²) >= 11 is 0. The molecule has 0 radical (unpaired) electrons. The third-order valence-electron chi connectivity index (χ3n) is 5.32. The summed E-state index contributed by atoms with van der Waals surface area (Å²) in [4.78, 5) is 25.3. The molecule has 142 valence electrons. The van der Waals surface area contributed by atoms with Gasteiger partial charge in [-0.05, 0) is 55.7 Å². The van der Waals surface area contributed by atoms with Crippen LogP contribution in [0.3, 0.4) is 0 Å². The van der Waals surface area contributed by atoms with Crippen LogP contribution in [0.25, 0.3) is 16.8 Å². The van der Waals surface area contributed by atoms with Crippen LogP contribution in [0.5, 0.6) is 0 Å². The molecule has 0 aromatic carbocycles. The molecule has 0 spiro atoms. The van der Waals surface area contributed by atoms with E-state index in [0.29, 0.717) is 18.8 Å². The summed E-state index contributed by atoms with van der Waals surface area (Å²) in [5.74, 6) is -0.0827. The Bertz CT molecular complexity index is 1080. The zero-order valence-corrected chi connectivity index (χ0v) is 16.3. The fourth-order valence-corrected chi connectivity index (χ4v) is 3.81. The van der Waals surface area contributed by atoms with Crippen LogP contribution < -0.4 is 0 Å². The van der Waals surface area contributed by atoms with Gasteiger partial charge in [-0.2, -0.15) is 5.26 Å². The molecular weight excluding hydrogens is 352 g/mol. The minimum Gasteiger partial charge on any atom is -0.336 e. The number of hydrogen-bond acceptors (Lipinski definition) is 5. The second-order valence-electron chi connectivity index (χ2n) is 7.33. The van der Waals surface area contributed by atoms with Crippen LogP contribution in [0.15, 0.2) is 36.7 Å². The fraction of sp³-hybridized carbons (Fsp3) is 0.333. The number of likely N-dealkylation sites (N-methyl/N-ethyl adjacent to an activating group) is 1. The van der Waals surface area contributed by atoms with E-state index in [1.165, 1.54) is 0 Å². The Hall–Kier alpha value is -3.40. The molecule has 1 fully saturated rings. The van der Waals surface area contributed by atoms with E-state index in [0.717, 1.165) is 34.6 Å². The Morgan fingerprint density at radius 3 is 2.68 bits per heavy atom. The normalized spacial score (nSPS) is 16.4. The second kappa shape index (κ2) is 6.97. The van der Waals surface area contributed by atoms with Gasteiger partial charge in [0.15, 0.2) is 6.19 Å². The van der Waals surface area contributed by atoms with E-state index < -0.39 is 0 Å². The van der Waals surface area contributed by atoms with Crippen molar-refractivity contribution in [2.75, 3.05) is 20.1 Å². The Morgan fingerprint density at radius 1 is 1.25 bits per heavy atom. The average Bonchev–Trinajstić information content (AvgIpc) is 3.32. The minimum absolute atomic E-state index is 0.0414. The van der Waals surface area contributed by atoms with E-state index >= 15 is 0 Å². The maximum atomic E-state index is 13.0. The van der Waals surface area contributed by atoms with Crippen molar-refractivity contribution < 1.29 is 4.79 Å². The van der Waals surface area contributed by atoms with Crippen LogP contribution in [-0.2, 0) is 0 Å². The van der Waals surface area contributed by atoms with Gasteiger partial charge in [0, 0.05) is 37.7 Å². The highest BCUT2D eigenvalue weighted by Gasteiger charge is 2.29. The first-order valence-electron chi connectivity index (χ1n) is 9.31. The van der Waals surface area contributed by atoms with Crippen molar-refractivity contribution in [2.24, 2.45) is 0 Å². The monoisotopic (exact) mass is 374 g/mol. The lowest BCUT2D eigenvalue weighted by atomic mass is 10.1. The highest BCUT2D eigenvalue weighted by Crippen LogP contribution is 2.23. The molecule has 0 saturated carbocycles. The van der Waals surface area contributed by atoms with E-state index in [4.69, 9.17) is 5.26 Å². The van der Waals surface area contributed by atoms with Gasteiger partial charge < -0.3 is 9.80 Å². The van der Waals surface area contributed by atoms with Crippen molar-refractivity contribution in [2.45, 2.75) is 26.3 Å². The lowest BCUT2D eigenvalue weighted by molar-refractivity contribution is 0.0732.